The molecule has 2 bridgehead atoms. The van der Waals surface area contributed by atoms with Crippen molar-refractivity contribution in [2.24, 2.45) is 23.7 Å². The van der Waals surface area contributed by atoms with Gasteiger partial charge in [0.15, 0.2) is 0 Å². The van der Waals surface area contributed by atoms with Crippen molar-refractivity contribution in [1.82, 2.24) is 4.90 Å². The summed E-state index contributed by atoms with van der Waals surface area (Å²) in [5.41, 5.74) is 0. The van der Waals surface area contributed by atoms with Crippen molar-refractivity contribution in [3.05, 3.63) is 0 Å². The Bertz CT molecular complexity index is 253. The molecule has 1 aliphatic heterocycles. The maximum absolute atomic E-state index is 3.60. The lowest BCUT2D eigenvalue weighted by Gasteiger charge is -2.36. The predicted octanol–water partition coefficient (Wildman–Crippen LogP) is 3.92. The molecular weight excluding hydrogens is 274 g/mol. The van der Waals surface area contributed by atoms with Crippen LogP contribution in [0.2, 0.25) is 0 Å². The first kappa shape index (κ1) is 12.5. The Hall–Kier alpha value is 0.440. The van der Waals surface area contributed by atoms with E-state index in [1.807, 2.05) is 0 Å². The molecule has 1 heterocycles. The molecule has 1 nitrogen and oxygen atoms in total. The number of rotatable bonds is 4. The smallest absolute Gasteiger partial charge is 0.00344 e. The highest BCUT2D eigenvalue weighted by atomic mass is 79.9. The lowest BCUT2D eigenvalue weighted by atomic mass is 9.87. The number of piperidine rings is 1. The van der Waals surface area contributed by atoms with Gasteiger partial charge in [0.2, 0.25) is 0 Å². The van der Waals surface area contributed by atoms with E-state index in [1.165, 1.54) is 44.2 Å². The van der Waals surface area contributed by atoms with Crippen LogP contribution in [-0.4, -0.2) is 29.9 Å². The van der Waals surface area contributed by atoms with Gasteiger partial charge in [-0.3, -0.25) is 0 Å². The highest BCUT2D eigenvalue weighted by Gasteiger charge is 2.40. The maximum atomic E-state index is 3.60. The normalized spacial score (nSPS) is 42.2. The Balaban J connectivity index is 1.48. The molecule has 0 N–H and O–H groups in total. The quantitative estimate of drug-likeness (QED) is 0.711. The second-order valence-corrected chi connectivity index (χ2v) is 7.47. The monoisotopic (exact) mass is 299 g/mol. The van der Waals surface area contributed by atoms with Gasteiger partial charge < -0.3 is 4.90 Å². The summed E-state index contributed by atoms with van der Waals surface area (Å²) in [6, 6.07) is 0. The summed E-state index contributed by atoms with van der Waals surface area (Å²) in [7, 11) is 0. The molecule has 0 aromatic rings. The molecule has 3 fully saturated rings. The van der Waals surface area contributed by atoms with Gasteiger partial charge in [-0.15, -0.1) is 0 Å². The summed E-state index contributed by atoms with van der Waals surface area (Å²) in [5.74, 6) is 4.27. The minimum absolute atomic E-state index is 0.974. The first-order valence-corrected chi connectivity index (χ1v) is 8.75. The van der Waals surface area contributed by atoms with Crippen LogP contribution in [0.1, 0.15) is 44.9 Å². The Kier molecular flexibility index (Phi) is 4.11. The van der Waals surface area contributed by atoms with Gasteiger partial charge in [-0.1, -0.05) is 22.4 Å². The average molecular weight is 300 g/mol. The zero-order valence-electron chi connectivity index (χ0n) is 10.9. The van der Waals surface area contributed by atoms with Gasteiger partial charge in [0, 0.05) is 18.4 Å². The highest BCUT2D eigenvalue weighted by molar-refractivity contribution is 9.09. The van der Waals surface area contributed by atoms with Crippen LogP contribution in [0.3, 0.4) is 0 Å². The fourth-order valence-electron chi connectivity index (χ4n) is 4.64. The summed E-state index contributed by atoms with van der Waals surface area (Å²) in [5, 5.41) is 1.19. The van der Waals surface area contributed by atoms with E-state index in [1.54, 1.807) is 25.7 Å². The van der Waals surface area contributed by atoms with Crippen molar-refractivity contribution in [3.8, 4) is 0 Å². The highest BCUT2D eigenvalue weighted by Crippen LogP contribution is 2.48. The molecule has 3 rings (SSSR count). The average Bonchev–Trinajstić information content (AvgIpc) is 2.92. The van der Waals surface area contributed by atoms with E-state index in [0.29, 0.717) is 0 Å². The first-order chi connectivity index (χ1) is 8.35. The van der Waals surface area contributed by atoms with Crippen molar-refractivity contribution in [2.75, 3.05) is 25.0 Å². The van der Waals surface area contributed by atoms with Crippen LogP contribution < -0.4 is 0 Å². The molecule has 1 saturated heterocycles. The molecule has 17 heavy (non-hydrogen) atoms. The van der Waals surface area contributed by atoms with Crippen molar-refractivity contribution in [3.63, 3.8) is 0 Å². The topological polar surface area (TPSA) is 3.24 Å². The second-order valence-electron chi connectivity index (χ2n) is 6.68. The Labute approximate surface area is 114 Å². The largest absolute Gasteiger partial charge is 0.303 e. The van der Waals surface area contributed by atoms with Crippen LogP contribution >= 0.6 is 15.9 Å². The van der Waals surface area contributed by atoms with E-state index in [9.17, 15) is 0 Å². The molecule has 0 spiro atoms. The van der Waals surface area contributed by atoms with Gasteiger partial charge in [-0.25, -0.2) is 0 Å². The fraction of sp³-hybridized carbons (Fsp3) is 1.00. The van der Waals surface area contributed by atoms with E-state index >= 15 is 0 Å². The van der Waals surface area contributed by atoms with Crippen LogP contribution in [0, 0.1) is 23.7 Å². The van der Waals surface area contributed by atoms with Gasteiger partial charge in [-0.05, 0) is 68.7 Å². The summed E-state index contributed by atoms with van der Waals surface area (Å²) >= 11 is 3.60. The number of hydrogen-bond acceptors (Lipinski definition) is 1. The molecule has 3 aliphatic rings. The minimum Gasteiger partial charge on any atom is -0.303 e. The molecule has 2 saturated carbocycles. The number of nitrogens with zero attached hydrogens (tertiary/aromatic N) is 1. The second kappa shape index (κ2) is 5.61. The van der Waals surface area contributed by atoms with E-state index in [2.05, 4.69) is 20.8 Å². The molecule has 0 radical (unpaired) electrons. The van der Waals surface area contributed by atoms with Crippen LogP contribution in [0.15, 0.2) is 0 Å². The van der Waals surface area contributed by atoms with Gasteiger partial charge in [0.1, 0.15) is 0 Å². The number of alkyl halides is 1. The van der Waals surface area contributed by atoms with E-state index in [0.717, 1.165) is 23.7 Å². The molecule has 2 aliphatic carbocycles. The van der Waals surface area contributed by atoms with Crippen molar-refractivity contribution in [1.29, 1.82) is 0 Å². The van der Waals surface area contributed by atoms with Gasteiger partial charge in [-0.2, -0.15) is 0 Å². The van der Waals surface area contributed by atoms with Gasteiger partial charge in [0.05, 0.1) is 0 Å². The maximum Gasteiger partial charge on any atom is 0.00344 e. The fourth-order valence-corrected chi connectivity index (χ4v) is 5.29. The lowest BCUT2D eigenvalue weighted by Crippen LogP contribution is -2.39. The number of fused-ring (bicyclic) bond motifs is 2. The van der Waals surface area contributed by atoms with Crippen molar-refractivity contribution < 1.29 is 0 Å². The zero-order chi connectivity index (χ0) is 11.7. The van der Waals surface area contributed by atoms with Gasteiger partial charge >= 0.3 is 0 Å². The van der Waals surface area contributed by atoms with Crippen molar-refractivity contribution >= 4 is 15.9 Å². The third kappa shape index (κ3) is 2.89. The van der Waals surface area contributed by atoms with Gasteiger partial charge in [0.25, 0.3) is 0 Å². The van der Waals surface area contributed by atoms with Crippen LogP contribution in [0.4, 0.5) is 0 Å². The van der Waals surface area contributed by atoms with E-state index in [-0.39, 0.29) is 0 Å². The van der Waals surface area contributed by atoms with E-state index < -0.39 is 0 Å². The predicted molar refractivity (Wildman–Crippen MR) is 76.5 cm³/mol. The molecule has 0 aromatic carbocycles. The minimum atomic E-state index is 0.974. The number of likely N-dealkylation sites (tertiary alicyclic amines) is 1. The van der Waals surface area contributed by atoms with Crippen molar-refractivity contribution in [2.45, 2.75) is 44.9 Å². The zero-order valence-corrected chi connectivity index (χ0v) is 12.5. The Morgan fingerprint density at radius 2 is 2.06 bits per heavy atom. The third-order valence-corrected chi connectivity index (χ3v) is 5.96. The lowest BCUT2D eigenvalue weighted by molar-refractivity contribution is 0.130. The Morgan fingerprint density at radius 3 is 2.76 bits per heavy atom. The molecule has 0 amide bonds. The molecule has 4 unspecified atom stereocenters. The number of hydrogen-bond donors (Lipinski definition) is 0. The standard InChI is InChI=1S/C15H26BrN/c16-6-5-12-2-1-7-17(10-12)11-15-9-13-3-4-14(15)8-13/h12-15H,1-11H2. The summed E-state index contributed by atoms with van der Waals surface area (Å²) in [6.07, 6.45) is 10.5. The van der Waals surface area contributed by atoms with Crippen LogP contribution in [0.5, 0.6) is 0 Å². The molecule has 98 valence electrons. The third-order valence-electron chi connectivity index (χ3n) is 5.50. The summed E-state index contributed by atoms with van der Waals surface area (Å²) < 4.78 is 0. The van der Waals surface area contributed by atoms with Crippen LogP contribution in [-0.2, 0) is 0 Å². The molecular formula is C15H26BrN. The number of halogens is 1. The molecule has 4 atom stereocenters. The van der Waals surface area contributed by atoms with Crippen LogP contribution in [0.25, 0.3) is 0 Å². The van der Waals surface area contributed by atoms with E-state index in [4.69, 9.17) is 0 Å². The molecule has 0 aromatic heterocycles. The first-order valence-electron chi connectivity index (χ1n) is 7.63. The summed E-state index contributed by atoms with van der Waals surface area (Å²) in [6.45, 7) is 4.20. The molecule has 2 heteroatoms. The summed E-state index contributed by atoms with van der Waals surface area (Å²) in [4.78, 5) is 2.79. The Morgan fingerprint density at radius 1 is 1.12 bits per heavy atom. The SMILES string of the molecule is BrCCC1CCCN(CC2CC3CCC2C3)C1.